The second kappa shape index (κ2) is 4.48. The molecule has 3 rings (SSSR count). The summed E-state index contributed by atoms with van der Waals surface area (Å²) in [7, 11) is -2.88. The van der Waals surface area contributed by atoms with Crippen molar-refractivity contribution >= 4 is 21.3 Å². The van der Waals surface area contributed by atoms with Crippen molar-refractivity contribution in [3.05, 3.63) is 24.0 Å². The summed E-state index contributed by atoms with van der Waals surface area (Å²) in [5, 5.41) is 4.34. The maximum absolute atomic E-state index is 11.6. The molecule has 1 atom stereocenters. The van der Waals surface area contributed by atoms with E-state index in [0.29, 0.717) is 29.5 Å². The number of fused-ring (bicyclic) bond motifs is 1. The summed E-state index contributed by atoms with van der Waals surface area (Å²) in [5.41, 5.74) is 6.51. The Morgan fingerprint density at radius 3 is 3.00 bits per heavy atom. The zero-order valence-corrected chi connectivity index (χ0v) is 11.3. The number of nitrogens with two attached hydrogens (primary N) is 1. The average Bonchev–Trinajstić information content (AvgIpc) is 2.71. The molecule has 3 heterocycles. The molecule has 6 nitrogen and oxygen atoms in total. The topological polar surface area (TPSA) is 90.3 Å². The van der Waals surface area contributed by atoms with Gasteiger partial charge in [-0.15, -0.1) is 5.10 Å². The van der Waals surface area contributed by atoms with Gasteiger partial charge in [0.2, 0.25) is 0 Å². The zero-order valence-electron chi connectivity index (χ0n) is 10.5. The van der Waals surface area contributed by atoms with Gasteiger partial charge in [0.25, 0.3) is 0 Å². The highest BCUT2D eigenvalue weighted by Crippen LogP contribution is 2.21. The van der Waals surface area contributed by atoms with Gasteiger partial charge in [-0.25, -0.2) is 13.4 Å². The molecule has 0 aromatic carbocycles. The van der Waals surface area contributed by atoms with Crippen molar-refractivity contribution in [1.82, 2.24) is 14.6 Å². The molecule has 7 heteroatoms. The van der Waals surface area contributed by atoms with E-state index in [-0.39, 0.29) is 11.7 Å². The van der Waals surface area contributed by atoms with Crippen LogP contribution in [0.1, 0.15) is 18.7 Å². The third kappa shape index (κ3) is 2.56. The first-order valence-electron chi connectivity index (χ1n) is 6.34. The second-order valence-electron chi connectivity index (χ2n) is 5.08. The number of hydrogen-bond donors (Lipinski definition) is 1. The third-order valence-electron chi connectivity index (χ3n) is 3.46. The molecule has 2 aromatic rings. The first kappa shape index (κ1) is 12.4. The zero-order chi connectivity index (χ0) is 13.5. The van der Waals surface area contributed by atoms with Gasteiger partial charge in [-0.2, -0.15) is 4.52 Å². The molecule has 1 fully saturated rings. The minimum absolute atomic E-state index is 0.123. The lowest BCUT2D eigenvalue weighted by atomic mass is 10.0. The Balaban J connectivity index is 1.84. The molecule has 1 aliphatic rings. The fourth-order valence-corrected chi connectivity index (χ4v) is 4.37. The molecule has 0 radical (unpaired) electrons. The van der Waals surface area contributed by atoms with Crippen LogP contribution in [-0.2, 0) is 16.3 Å². The maximum atomic E-state index is 11.6. The van der Waals surface area contributed by atoms with E-state index in [1.807, 2.05) is 12.1 Å². The van der Waals surface area contributed by atoms with Crippen molar-refractivity contribution in [2.75, 3.05) is 17.2 Å². The molecule has 102 valence electrons. The summed E-state index contributed by atoms with van der Waals surface area (Å²) in [4.78, 5) is 4.39. The number of rotatable bonds is 2. The van der Waals surface area contributed by atoms with Crippen LogP contribution in [0.3, 0.4) is 0 Å². The minimum Gasteiger partial charge on any atom is -0.384 e. The number of anilines is 1. The normalized spacial score (nSPS) is 22.6. The van der Waals surface area contributed by atoms with E-state index in [9.17, 15) is 8.42 Å². The minimum atomic E-state index is -2.88. The number of nitrogens with zero attached hydrogens (tertiary/aromatic N) is 3. The lowest BCUT2D eigenvalue weighted by Gasteiger charge is -2.20. The Bertz CT molecular complexity index is 708. The molecule has 1 unspecified atom stereocenters. The summed E-state index contributed by atoms with van der Waals surface area (Å²) in [6.07, 6.45) is 2.26. The molecule has 0 aliphatic carbocycles. The van der Waals surface area contributed by atoms with Crippen molar-refractivity contribution in [2.45, 2.75) is 19.3 Å². The van der Waals surface area contributed by atoms with Crippen LogP contribution in [0.15, 0.2) is 18.2 Å². The number of sulfone groups is 1. The first-order valence-corrected chi connectivity index (χ1v) is 8.16. The smallest absolute Gasteiger partial charge is 0.157 e. The molecule has 0 amide bonds. The van der Waals surface area contributed by atoms with E-state index < -0.39 is 9.84 Å². The maximum Gasteiger partial charge on any atom is 0.157 e. The van der Waals surface area contributed by atoms with Crippen LogP contribution >= 0.6 is 0 Å². The summed E-state index contributed by atoms with van der Waals surface area (Å²) in [5.74, 6) is 1.89. The van der Waals surface area contributed by atoms with Gasteiger partial charge in [0.15, 0.2) is 21.3 Å². The van der Waals surface area contributed by atoms with Crippen LogP contribution in [0, 0.1) is 5.92 Å². The van der Waals surface area contributed by atoms with Gasteiger partial charge in [0.1, 0.15) is 5.82 Å². The summed E-state index contributed by atoms with van der Waals surface area (Å²) in [6, 6.07) is 5.43. The van der Waals surface area contributed by atoms with E-state index in [0.717, 1.165) is 12.8 Å². The van der Waals surface area contributed by atoms with E-state index in [1.54, 1.807) is 10.6 Å². The molecule has 1 aliphatic heterocycles. The van der Waals surface area contributed by atoms with Crippen molar-refractivity contribution in [2.24, 2.45) is 5.92 Å². The Kier molecular flexibility index (Phi) is 2.93. The monoisotopic (exact) mass is 280 g/mol. The standard InChI is InChI=1S/C12H16N4O2S/c13-10-4-1-5-12-14-11(15-16(10)12)7-9-3-2-6-19(17,18)8-9/h1,4-5,9H,2-3,6-8,13H2. The van der Waals surface area contributed by atoms with Gasteiger partial charge >= 0.3 is 0 Å². The lowest BCUT2D eigenvalue weighted by Crippen LogP contribution is -2.26. The van der Waals surface area contributed by atoms with Crippen molar-refractivity contribution in [3.8, 4) is 0 Å². The van der Waals surface area contributed by atoms with Crippen LogP contribution in [0.4, 0.5) is 5.82 Å². The van der Waals surface area contributed by atoms with Gasteiger partial charge in [0.05, 0.1) is 11.5 Å². The van der Waals surface area contributed by atoms with Crippen LogP contribution < -0.4 is 5.73 Å². The largest absolute Gasteiger partial charge is 0.384 e. The highest BCUT2D eigenvalue weighted by Gasteiger charge is 2.26. The molecule has 0 saturated carbocycles. The number of hydrogen-bond acceptors (Lipinski definition) is 5. The predicted octanol–water partition coefficient (Wildman–Crippen LogP) is 0.679. The van der Waals surface area contributed by atoms with Crippen LogP contribution in [0.2, 0.25) is 0 Å². The van der Waals surface area contributed by atoms with E-state index >= 15 is 0 Å². The fourth-order valence-electron chi connectivity index (χ4n) is 2.59. The highest BCUT2D eigenvalue weighted by atomic mass is 32.2. The van der Waals surface area contributed by atoms with Gasteiger partial charge in [-0.3, -0.25) is 0 Å². The Morgan fingerprint density at radius 1 is 1.42 bits per heavy atom. The van der Waals surface area contributed by atoms with E-state index in [4.69, 9.17) is 5.73 Å². The van der Waals surface area contributed by atoms with E-state index in [1.165, 1.54) is 0 Å². The second-order valence-corrected chi connectivity index (χ2v) is 7.30. The number of pyridine rings is 1. The molecule has 0 bridgehead atoms. The van der Waals surface area contributed by atoms with Crippen molar-refractivity contribution < 1.29 is 8.42 Å². The molecular formula is C12H16N4O2S. The molecule has 2 N–H and O–H groups in total. The van der Waals surface area contributed by atoms with Crippen LogP contribution in [0.25, 0.3) is 5.65 Å². The third-order valence-corrected chi connectivity index (χ3v) is 5.35. The number of nitrogen functional groups attached to an aromatic ring is 1. The van der Waals surface area contributed by atoms with Crippen LogP contribution in [-0.4, -0.2) is 34.5 Å². The van der Waals surface area contributed by atoms with Gasteiger partial charge in [0, 0.05) is 6.42 Å². The lowest BCUT2D eigenvalue weighted by molar-refractivity contribution is 0.475. The van der Waals surface area contributed by atoms with Crippen LogP contribution in [0.5, 0.6) is 0 Å². The Labute approximate surface area is 111 Å². The van der Waals surface area contributed by atoms with E-state index in [2.05, 4.69) is 10.1 Å². The first-order chi connectivity index (χ1) is 9.03. The van der Waals surface area contributed by atoms with Crippen molar-refractivity contribution in [1.29, 1.82) is 0 Å². The summed E-state index contributed by atoms with van der Waals surface area (Å²) >= 11 is 0. The van der Waals surface area contributed by atoms with Gasteiger partial charge in [-0.1, -0.05) is 6.07 Å². The molecule has 2 aromatic heterocycles. The van der Waals surface area contributed by atoms with Crippen molar-refractivity contribution in [3.63, 3.8) is 0 Å². The SMILES string of the molecule is Nc1cccc2nc(CC3CCCS(=O)(=O)C3)nn12. The predicted molar refractivity (Wildman–Crippen MR) is 72.5 cm³/mol. The molecule has 0 spiro atoms. The highest BCUT2D eigenvalue weighted by molar-refractivity contribution is 7.91. The Hall–Kier alpha value is -1.63. The summed E-state index contributed by atoms with van der Waals surface area (Å²) in [6.45, 7) is 0. The average molecular weight is 280 g/mol. The molecule has 19 heavy (non-hydrogen) atoms. The molecule has 1 saturated heterocycles. The van der Waals surface area contributed by atoms with Gasteiger partial charge < -0.3 is 5.73 Å². The fraction of sp³-hybridized carbons (Fsp3) is 0.500. The molecular weight excluding hydrogens is 264 g/mol. The summed E-state index contributed by atoms with van der Waals surface area (Å²) < 4.78 is 24.8. The van der Waals surface area contributed by atoms with Gasteiger partial charge in [-0.05, 0) is 30.9 Å². The quantitative estimate of drug-likeness (QED) is 0.873. The number of aromatic nitrogens is 3. The Morgan fingerprint density at radius 2 is 2.26 bits per heavy atom.